The van der Waals surface area contributed by atoms with Gasteiger partial charge < -0.3 is 13.7 Å². The van der Waals surface area contributed by atoms with Crippen molar-refractivity contribution < 1.29 is 9.15 Å². The largest absolute Gasteiger partial charge is 0.436 e. The summed E-state index contributed by atoms with van der Waals surface area (Å²) in [7, 11) is 0. The van der Waals surface area contributed by atoms with Gasteiger partial charge in [-0.3, -0.25) is 0 Å². The zero-order valence-electron chi connectivity index (χ0n) is 13.5. The molecule has 0 bridgehead atoms. The van der Waals surface area contributed by atoms with Gasteiger partial charge in [0.15, 0.2) is 5.58 Å². The lowest BCUT2D eigenvalue weighted by Crippen LogP contribution is -2.18. The maximum Gasteiger partial charge on any atom is 0.227 e. The summed E-state index contributed by atoms with van der Waals surface area (Å²) in [6.45, 7) is 1.63. The molecule has 0 atom stereocenters. The Morgan fingerprint density at radius 2 is 1.92 bits per heavy atom. The molecule has 1 saturated heterocycles. The molecule has 2 aromatic heterocycles. The van der Waals surface area contributed by atoms with Crippen molar-refractivity contribution in [2.75, 3.05) is 13.2 Å². The second-order valence-electron chi connectivity index (χ2n) is 6.33. The molecule has 4 aromatic rings. The lowest BCUT2D eigenvalue weighted by molar-refractivity contribution is 0.0706. The van der Waals surface area contributed by atoms with E-state index in [0.717, 1.165) is 53.8 Å². The summed E-state index contributed by atoms with van der Waals surface area (Å²) < 4.78 is 13.6. The molecule has 0 unspecified atom stereocenters. The number of nitrogens with zero attached hydrogens (tertiary/aromatic N) is 3. The maximum absolute atomic E-state index is 6.03. The van der Waals surface area contributed by atoms with Gasteiger partial charge in [0.05, 0.1) is 17.4 Å². The second-order valence-corrected chi connectivity index (χ2v) is 6.77. The lowest BCUT2D eigenvalue weighted by atomic mass is 10.1. The molecule has 1 fully saturated rings. The molecule has 0 saturated carbocycles. The van der Waals surface area contributed by atoms with Gasteiger partial charge in [0.1, 0.15) is 5.52 Å². The van der Waals surface area contributed by atoms with Gasteiger partial charge in [0.25, 0.3) is 0 Å². The Hall–Kier alpha value is -2.37. The Morgan fingerprint density at radius 3 is 2.80 bits per heavy atom. The summed E-state index contributed by atoms with van der Waals surface area (Å²) in [5.41, 5.74) is 4.48. The van der Waals surface area contributed by atoms with Crippen LogP contribution in [0.3, 0.4) is 0 Å². The van der Waals surface area contributed by atoms with Crippen LogP contribution in [0.2, 0.25) is 5.02 Å². The van der Waals surface area contributed by atoms with Crippen molar-refractivity contribution in [2.24, 2.45) is 0 Å². The highest BCUT2D eigenvalue weighted by Crippen LogP contribution is 2.30. The van der Waals surface area contributed by atoms with Crippen LogP contribution in [0.5, 0.6) is 0 Å². The monoisotopic (exact) mass is 353 g/mol. The zero-order chi connectivity index (χ0) is 16.8. The first-order valence-corrected chi connectivity index (χ1v) is 8.76. The molecule has 5 rings (SSSR count). The number of hydrogen-bond acceptors (Lipinski definition) is 4. The molecular formula is C19H16ClN3O2. The normalized spacial score (nSPS) is 16.0. The maximum atomic E-state index is 6.03. The van der Waals surface area contributed by atoms with E-state index in [2.05, 4.69) is 20.6 Å². The molecule has 25 heavy (non-hydrogen) atoms. The van der Waals surface area contributed by atoms with Crippen molar-refractivity contribution in [3.8, 4) is 11.5 Å². The Labute approximate surface area is 149 Å². The molecule has 126 valence electrons. The quantitative estimate of drug-likeness (QED) is 0.517. The average molecular weight is 354 g/mol. The van der Waals surface area contributed by atoms with Crippen LogP contribution in [0, 0.1) is 0 Å². The number of imidazole rings is 1. The van der Waals surface area contributed by atoms with Crippen molar-refractivity contribution in [3.63, 3.8) is 0 Å². The smallest absolute Gasteiger partial charge is 0.227 e. The number of ether oxygens (including phenoxy) is 1. The van der Waals surface area contributed by atoms with E-state index in [-0.39, 0.29) is 0 Å². The van der Waals surface area contributed by atoms with Crippen LogP contribution < -0.4 is 0 Å². The Morgan fingerprint density at radius 1 is 1.04 bits per heavy atom. The van der Waals surface area contributed by atoms with Crippen molar-refractivity contribution in [1.82, 2.24) is 14.5 Å². The first kappa shape index (κ1) is 14.9. The highest BCUT2D eigenvalue weighted by Gasteiger charge is 2.18. The van der Waals surface area contributed by atoms with Crippen molar-refractivity contribution >= 4 is 33.7 Å². The van der Waals surface area contributed by atoms with Crippen LogP contribution in [0.4, 0.5) is 0 Å². The minimum atomic E-state index is 0.455. The molecule has 1 aliphatic heterocycles. The van der Waals surface area contributed by atoms with E-state index < -0.39 is 0 Å². The van der Waals surface area contributed by atoms with Gasteiger partial charge >= 0.3 is 0 Å². The number of rotatable bonds is 2. The summed E-state index contributed by atoms with van der Waals surface area (Å²) in [6.07, 6.45) is 3.98. The SMILES string of the molecule is Clc1ccc2oc(-c3ccc4c(c3)ncn4C3CCOCC3)nc2c1. The molecule has 0 N–H and O–H groups in total. The van der Waals surface area contributed by atoms with Gasteiger partial charge in [-0.25, -0.2) is 9.97 Å². The molecule has 3 heterocycles. The Kier molecular flexibility index (Phi) is 3.50. The molecular weight excluding hydrogens is 338 g/mol. The predicted molar refractivity (Wildman–Crippen MR) is 96.8 cm³/mol. The van der Waals surface area contributed by atoms with E-state index in [1.165, 1.54) is 0 Å². The molecule has 0 radical (unpaired) electrons. The highest BCUT2D eigenvalue weighted by molar-refractivity contribution is 6.31. The van der Waals surface area contributed by atoms with E-state index in [0.29, 0.717) is 17.0 Å². The topological polar surface area (TPSA) is 53.1 Å². The zero-order valence-corrected chi connectivity index (χ0v) is 14.2. The molecule has 0 spiro atoms. The van der Waals surface area contributed by atoms with E-state index in [1.54, 1.807) is 6.07 Å². The Balaban J connectivity index is 1.55. The van der Waals surface area contributed by atoms with Crippen LogP contribution in [-0.2, 0) is 4.74 Å². The van der Waals surface area contributed by atoms with Crippen molar-refractivity contribution in [2.45, 2.75) is 18.9 Å². The van der Waals surface area contributed by atoms with E-state index in [9.17, 15) is 0 Å². The van der Waals surface area contributed by atoms with E-state index in [1.807, 2.05) is 30.6 Å². The fraction of sp³-hybridized carbons (Fsp3) is 0.263. The van der Waals surface area contributed by atoms with E-state index in [4.69, 9.17) is 20.8 Å². The summed E-state index contributed by atoms with van der Waals surface area (Å²) in [4.78, 5) is 9.12. The van der Waals surface area contributed by atoms with Gasteiger partial charge in [0.2, 0.25) is 5.89 Å². The highest BCUT2D eigenvalue weighted by atomic mass is 35.5. The summed E-state index contributed by atoms with van der Waals surface area (Å²) in [5.74, 6) is 0.583. The van der Waals surface area contributed by atoms with Gasteiger partial charge in [-0.2, -0.15) is 0 Å². The van der Waals surface area contributed by atoms with E-state index >= 15 is 0 Å². The first-order valence-electron chi connectivity index (χ1n) is 8.39. The summed E-state index contributed by atoms with van der Waals surface area (Å²) in [6, 6.07) is 12.1. The number of halogens is 1. The van der Waals surface area contributed by atoms with Crippen LogP contribution in [0.15, 0.2) is 47.1 Å². The third-order valence-electron chi connectivity index (χ3n) is 4.76. The average Bonchev–Trinajstić information content (AvgIpc) is 3.25. The van der Waals surface area contributed by atoms with Crippen LogP contribution in [0.25, 0.3) is 33.6 Å². The van der Waals surface area contributed by atoms with Crippen molar-refractivity contribution in [3.05, 3.63) is 47.7 Å². The number of fused-ring (bicyclic) bond motifs is 2. The molecule has 0 aliphatic carbocycles. The number of benzene rings is 2. The van der Waals surface area contributed by atoms with Gasteiger partial charge in [-0.15, -0.1) is 0 Å². The molecule has 2 aromatic carbocycles. The minimum absolute atomic E-state index is 0.455. The third kappa shape index (κ3) is 2.60. The third-order valence-corrected chi connectivity index (χ3v) is 4.99. The molecule has 0 amide bonds. The first-order chi connectivity index (χ1) is 12.3. The van der Waals surface area contributed by atoms with Gasteiger partial charge in [-0.1, -0.05) is 11.6 Å². The number of hydrogen-bond donors (Lipinski definition) is 0. The van der Waals surface area contributed by atoms with Crippen LogP contribution in [-0.4, -0.2) is 27.7 Å². The molecule has 5 nitrogen and oxygen atoms in total. The molecule has 6 heteroatoms. The van der Waals surface area contributed by atoms with Crippen LogP contribution in [0.1, 0.15) is 18.9 Å². The molecule has 1 aliphatic rings. The number of oxazole rings is 1. The van der Waals surface area contributed by atoms with Crippen LogP contribution >= 0.6 is 11.6 Å². The fourth-order valence-electron chi connectivity index (χ4n) is 3.44. The van der Waals surface area contributed by atoms with Crippen molar-refractivity contribution in [1.29, 1.82) is 0 Å². The Bertz CT molecular complexity index is 1060. The lowest BCUT2D eigenvalue weighted by Gasteiger charge is -2.23. The van der Waals surface area contributed by atoms with Gasteiger partial charge in [-0.05, 0) is 49.2 Å². The predicted octanol–water partition coefficient (Wildman–Crippen LogP) is 4.85. The fourth-order valence-corrected chi connectivity index (χ4v) is 3.61. The standard InChI is InChI=1S/C19H16ClN3O2/c20-13-2-4-18-16(10-13)22-19(25-18)12-1-3-17-15(9-12)21-11-23(17)14-5-7-24-8-6-14/h1-4,9-11,14H,5-8H2. The minimum Gasteiger partial charge on any atom is -0.436 e. The second kappa shape index (κ2) is 5.86. The number of aromatic nitrogens is 3. The summed E-state index contributed by atoms with van der Waals surface area (Å²) >= 11 is 6.03. The van der Waals surface area contributed by atoms with Gasteiger partial charge in [0, 0.05) is 29.8 Å². The summed E-state index contributed by atoms with van der Waals surface area (Å²) in [5, 5.41) is 0.651.